The van der Waals surface area contributed by atoms with Gasteiger partial charge >= 0.3 is 6.18 Å². The predicted octanol–water partition coefficient (Wildman–Crippen LogP) is 4.52. The number of hydrogen-bond donors (Lipinski definition) is 1. The minimum Gasteiger partial charge on any atom is -0.337 e. The van der Waals surface area contributed by atoms with Gasteiger partial charge in [-0.1, -0.05) is 11.6 Å². The second kappa shape index (κ2) is 7.49. The van der Waals surface area contributed by atoms with Crippen LogP contribution >= 0.6 is 11.6 Å². The maximum Gasteiger partial charge on any atom is 0.417 e. The fraction of sp³-hybridized carbons (Fsp3) is 0.353. The van der Waals surface area contributed by atoms with Crippen molar-refractivity contribution in [1.82, 2.24) is 14.9 Å². The largest absolute Gasteiger partial charge is 0.417 e. The second-order valence-electron chi connectivity index (χ2n) is 5.94. The molecule has 9 heteroatoms. The number of likely N-dealkylation sites (tertiary alicyclic amines) is 1. The van der Waals surface area contributed by atoms with Crippen molar-refractivity contribution in [2.45, 2.75) is 25.4 Å². The molecule has 1 aliphatic rings. The van der Waals surface area contributed by atoms with Gasteiger partial charge < -0.3 is 10.2 Å². The van der Waals surface area contributed by atoms with E-state index in [1.54, 1.807) is 4.90 Å². The lowest BCUT2D eigenvalue weighted by molar-refractivity contribution is -0.137. The van der Waals surface area contributed by atoms with E-state index in [9.17, 15) is 18.0 Å². The SMILES string of the molecule is O=C(c1ccnc(Nc2ccc(Cl)c(C(F)(F)F)c2)n1)N1CCCCC1. The third-order valence-electron chi connectivity index (χ3n) is 4.05. The van der Waals surface area contributed by atoms with Gasteiger partial charge in [0.15, 0.2) is 0 Å². The van der Waals surface area contributed by atoms with Crippen LogP contribution in [0.3, 0.4) is 0 Å². The summed E-state index contributed by atoms with van der Waals surface area (Å²) in [5.41, 5.74) is -0.622. The molecule has 26 heavy (non-hydrogen) atoms. The molecule has 0 radical (unpaired) electrons. The summed E-state index contributed by atoms with van der Waals surface area (Å²) >= 11 is 5.61. The highest BCUT2D eigenvalue weighted by Gasteiger charge is 2.33. The molecule has 0 atom stereocenters. The van der Waals surface area contributed by atoms with Crippen molar-refractivity contribution in [2.75, 3.05) is 18.4 Å². The highest BCUT2D eigenvalue weighted by Crippen LogP contribution is 2.36. The lowest BCUT2D eigenvalue weighted by Crippen LogP contribution is -2.36. The number of hydrogen-bond acceptors (Lipinski definition) is 4. The Balaban J connectivity index is 1.80. The average Bonchev–Trinajstić information content (AvgIpc) is 2.63. The summed E-state index contributed by atoms with van der Waals surface area (Å²) in [5.74, 6) is -0.162. The molecule has 2 aromatic rings. The Labute approximate surface area is 153 Å². The number of aromatic nitrogens is 2. The molecule has 3 rings (SSSR count). The molecule has 1 amide bonds. The Morgan fingerprint density at radius 1 is 1.15 bits per heavy atom. The van der Waals surface area contributed by atoms with Crippen LogP contribution in [0, 0.1) is 0 Å². The molecule has 0 spiro atoms. The summed E-state index contributed by atoms with van der Waals surface area (Å²) in [4.78, 5) is 22.3. The molecule has 1 aromatic heterocycles. The van der Waals surface area contributed by atoms with E-state index in [0.29, 0.717) is 13.1 Å². The molecule has 1 aromatic carbocycles. The van der Waals surface area contributed by atoms with Crippen molar-refractivity contribution in [3.63, 3.8) is 0 Å². The maximum atomic E-state index is 12.9. The molecule has 0 aliphatic carbocycles. The lowest BCUT2D eigenvalue weighted by Gasteiger charge is -2.26. The molecule has 1 saturated heterocycles. The fourth-order valence-electron chi connectivity index (χ4n) is 2.75. The Bertz CT molecular complexity index is 807. The van der Waals surface area contributed by atoms with Crippen LogP contribution < -0.4 is 5.32 Å². The monoisotopic (exact) mass is 384 g/mol. The number of nitrogens with one attached hydrogen (secondary N) is 1. The standard InChI is InChI=1S/C17H16ClF3N4O/c18-13-5-4-11(10-12(13)17(19,20)21)23-16-22-7-6-14(24-16)15(26)25-8-2-1-3-9-25/h4-7,10H,1-3,8-9H2,(H,22,23,24). The second-order valence-corrected chi connectivity index (χ2v) is 6.34. The molecule has 0 bridgehead atoms. The summed E-state index contributed by atoms with van der Waals surface area (Å²) in [5, 5.41) is 2.30. The summed E-state index contributed by atoms with van der Waals surface area (Å²) in [6.45, 7) is 1.36. The van der Waals surface area contributed by atoms with Crippen molar-refractivity contribution in [3.8, 4) is 0 Å². The number of carbonyl (C=O) groups excluding carboxylic acids is 1. The topological polar surface area (TPSA) is 58.1 Å². The first-order chi connectivity index (χ1) is 12.3. The third-order valence-corrected chi connectivity index (χ3v) is 4.38. The number of nitrogens with zero attached hydrogens (tertiary/aromatic N) is 3. The van der Waals surface area contributed by atoms with Crippen molar-refractivity contribution in [2.24, 2.45) is 0 Å². The van der Waals surface area contributed by atoms with Crippen LogP contribution in [0.2, 0.25) is 5.02 Å². The summed E-state index contributed by atoms with van der Waals surface area (Å²) < 4.78 is 38.8. The van der Waals surface area contributed by atoms with Crippen LogP contribution in [-0.4, -0.2) is 33.9 Å². The van der Waals surface area contributed by atoms with E-state index < -0.39 is 16.8 Å². The van der Waals surface area contributed by atoms with Crippen molar-refractivity contribution in [3.05, 3.63) is 46.7 Å². The zero-order valence-electron chi connectivity index (χ0n) is 13.7. The summed E-state index contributed by atoms with van der Waals surface area (Å²) in [7, 11) is 0. The number of rotatable bonds is 3. The van der Waals surface area contributed by atoms with E-state index >= 15 is 0 Å². The van der Waals surface area contributed by atoms with Crippen molar-refractivity contribution < 1.29 is 18.0 Å². The molecule has 138 valence electrons. The molecular weight excluding hydrogens is 369 g/mol. The molecular formula is C17H16ClF3N4O. The molecule has 1 fully saturated rings. The van der Waals surface area contributed by atoms with Gasteiger partial charge in [0.2, 0.25) is 5.95 Å². The first-order valence-electron chi connectivity index (χ1n) is 8.11. The third kappa shape index (κ3) is 4.24. The Morgan fingerprint density at radius 2 is 1.88 bits per heavy atom. The zero-order valence-corrected chi connectivity index (χ0v) is 14.4. The van der Waals surface area contributed by atoms with Gasteiger partial charge in [-0.15, -0.1) is 0 Å². The lowest BCUT2D eigenvalue weighted by atomic mass is 10.1. The molecule has 5 nitrogen and oxygen atoms in total. The molecule has 0 saturated carbocycles. The highest BCUT2D eigenvalue weighted by atomic mass is 35.5. The summed E-state index contributed by atoms with van der Waals surface area (Å²) in [6.07, 6.45) is -0.173. The first kappa shape index (κ1) is 18.4. The molecule has 2 heterocycles. The minimum atomic E-state index is -4.57. The van der Waals surface area contributed by atoms with Crippen LogP contribution in [0.5, 0.6) is 0 Å². The van der Waals surface area contributed by atoms with E-state index in [4.69, 9.17) is 11.6 Å². The Hall–Kier alpha value is -2.35. The zero-order chi connectivity index (χ0) is 18.7. The van der Waals surface area contributed by atoms with Gasteiger partial charge in [0.25, 0.3) is 5.91 Å². The van der Waals surface area contributed by atoms with E-state index in [0.717, 1.165) is 31.4 Å². The molecule has 0 unspecified atom stereocenters. The minimum absolute atomic E-state index is 0.0447. The van der Waals surface area contributed by atoms with E-state index in [-0.39, 0.29) is 23.2 Å². The average molecular weight is 385 g/mol. The number of piperidine rings is 1. The fourth-order valence-corrected chi connectivity index (χ4v) is 2.97. The van der Waals surface area contributed by atoms with Crippen LogP contribution in [0.1, 0.15) is 35.3 Å². The normalized spacial score (nSPS) is 15.0. The van der Waals surface area contributed by atoms with Gasteiger partial charge in [0.05, 0.1) is 10.6 Å². The summed E-state index contributed by atoms with van der Waals surface area (Å²) in [6, 6.07) is 4.91. The number of anilines is 2. The molecule has 1 N–H and O–H groups in total. The van der Waals surface area contributed by atoms with Crippen LogP contribution in [0.15, 0.2) is 30.5 Å². The van der Waals surface area contributed by atoms with Gasteiger partial charge in [0.1, 0.15) is 5.69 Å². The van der Waals surface area contributed by atoms with Crippen molar-refractivity contribution in [1.29, 1.82) is 0 Å². The van der Waals surface area contributed by atoms with Crippen LogP contribution in [0.25, 0.3) is 0 Å². The van der Waals surface area contributed by atoms with Gasteiger partial charge in [-0.25, -0.2) is 9.97 Å². The van der Waals surface area contributed by atoms with E-state index in [2.05, 4.69) is 15.3 Å². The number of alkyl halides is 3. The smallest absolute Gasteiger partial charge is 0.337 e. The highest BCUT2D eigenvalue weighted by molar-refractivity contribution is 6.31. The first-order valence-corrected chi connectivity index (χ1v) is 8.48. The van der Waals surface area contributed by atoms with E-state index in [1.165, 1.54) is 18.3 Å². The van der Waals surface area contributed by atoms with Gasteiger partial charge in [-0.05, 0) is 43.5 Å². The number of amides is 1. The van der Waals surface area contributed by atoms with Crippen molar-refractivity contribution >= 4 is 29.1 Å². The van der Waals surface area contributed by atoms with Gasteiger partial charge in [-0.2, -0.15) is 13.2 Å². The van der Waals surface area contributed by atoms with E-state index in [1.807, 2.05) is 0 Å². The van der Waals surface area contributed by atoms with Gasteiger partial charge in [-0.3, -0.25) is 4.79 Å². The maximum absolute atomic E-state index is 12.9. The van der Waals surface area contributed by atoms with Crippen LogP contribution in [-0.2, 0) is 6.18 Å². The number of carbonyl (C=O) groups is 1. The van der Waals surface area contributed by atoms with Crippen LogP contribution in [0.4, 0.5) is 24.8 Å². The quantitative estimate of drug-likeness (QED) is 0.845. The number of benzene rings is 1. The van der Waals surface area contributed by atoms with Gasteiger partial charge in [0, 0.05) is 25.0 Å². The Morgan fingerprint density at radius 3 is 2.58 bits per heavy atom. The predicted molar refractivity (Wildman–Crippen MR) is 91.5 cm³/mol. The molecule has 1 aliphatic heterocycles. The number of halogens is 4. The Kier molecular flexibility index (Phi) is 5.31.